The summed E-state index contributed by atoms with van der Waals surface area (Å²) in [6.07, 6.45) is 1.46. The third-order valence-corrected chi connectivity index (χ3v) is 2.95. The number of nitrogens with zero attached hydrogens (tertiary/aromatic N) is 2. The molecule has 1 fully saturated rings. The minimum Gasteiger partial charge on any atom is -0.480 e. The van der Waals surface area contributed by atoms with E-state index in [9.17, 15) is 9.59 Å². The van der Waals surface area contributed by atoms with E-state index in [0.717, 1.165) is 0 Å². The quantitative estimate of drug-likeness (QED) is 0.852. The van der Waals surface area contributed by atoms with E-state index in [-0.39, 0.29) is 13.2 Å². The minimum atomic E-state index is -1.09. The van der Waals surface area contributed by atoms with Gasteiger partial charge in [0.1, 0.15) is 0 Å². The molecule has 1 aliphatic rings. The summed E-state index contributed by atoms with van der Waals surface area (Å²) in [6, 6.07) is 1.81. The van der Waals surface area contributed by atoms with Crippen molar-refractivity contribution in [2.24, 2.45) is 0 Å². The molecule has 1 saturated heterocycles. The molecule has 2 amide bonds. The fraction of sp³-hybridized carbons (Fsp3) is 0.462. The number of urea groups is 1. The number of rotatable bonds is 4. The molecule has 1 atom stereocenters. The Balaban J connectivity index is 2.00. The lowest BCUT2D eigenvalue weighted by molar-refractivity contribution is -0.147. The number of carboxylic acids is 1. The molecule has 0 bridgehead atoms. The van der Waals surface area contributed by atoms with Crippen molar-refractivity contribution < 1.29 is 24.2 Å². The van der Waals surface area contributed by atoms with Crippen LogP contribution in [0.15, 0.2) is 18.3 Å². The van der Waals surface area contributed by atoms with Gasteiger partial charge in [-0.2, -0.15) is 0 Å². The van der Waals surface area contributed by atoms with E-state index in [0.29, 0.717) is 24.8 Å². The first-order valence-corrected chi connectivity index (χ1v) is 6.59. The molecule has 0 aromatic carbocycles. The van der Waals surface area contributed by atoms with Crippen LogP contribution >= 0.6 is 0 Å². The van der Waals surface area contributed by atoms with Crippen molar-refractivity contribution in [2.45, 2.75) is 13.0 Å². The highest BCUT2D eigenvalue weighted by Gasteiger charge is 2.32. The molecule has 0 aliphatic carbocycles. The van der Waals surface area contributed by atoms with Gasteiger partial charge in [0, 0.05) is 12.6 Å². The Morgan fingerprint density at radius 3 is 3.00 bits per heavy atom. The van der Waals surface area contributed by atoms with Gasteiger partial charge in [0.15, 0.2) is 6.04 Å². The van der Waals surface area contributed by atoms with Crippen LogP contribution in [0.4, 0.5) is 10.5 Å². The normalized spacial score (nSPS) is 18.1. The molecule has 0 radical (unpaired) electrons. The minimum absolute atomic E-state index is 0.00964. The van der Waals surface area contributed by atoms with E-state index in [1.54, 1.807) is 12.1 Å². The van der Waals surface area contributed by atoms with Gasteiger partial charge in [0.2, 0.25) is 5.88 Å². The molecule has 2 rings (SSSR count). The Bertz CT molecular complexity index is 505. The summed E-state index contributed by atoms with van der Waals surface area (Å²) >= 11 is 0. The van der Waals surface area contributed by atoms with E-state index < -0.39 is 18.0 Å². The van der Waals surface area contributed by atoms with Gasteiger partial charge in [0.05, 0.1) is 31.7 Å². The maximum atomic E-state index is 12.1. The zero-order chi connectivity index (χ0) is 15.2. The molecule has 114 valence electrons. The molecule has 0 saturated carbocycles. The van der Waals surface area contributed by atoms with Gasteiger partial charge in [-0.05, 0) is 13.0 Å². The second kappa shape index (κ2) is 6.89. The van der Waals surface area contributed by atoms with Crippen LogP contribution < -0.4 is 10.1 Å². The zero-order valence-electron chi connectivity index (χ0n) is 11.6. The topological polar surface area (TPSA) is 101 Å². The fourth-order valence-corrected chi connectivity index (χ4v) is 1.93. The summed E-state index contributed by atoms with van der Waals surface area (Å²) in [5.74, 6) is -0.625. The SMILES string of the molecule is CCOc1ccc(NC(=O)N2CCOCC2C(=O)O)cn1. The summed E-state index contributed by atoms with van der Waals surface area (Å²) in [6.45, 7) is 2.89. The van der Waals surface area contributed by atoms with E-state index in [4.69, 9.17) is 14.6 Å². The first-order valence-electron chi connectivity index (χ1n) is 6.59. The molecule has 8 nitrogen and oxygen atoms in total. The smallest absolute Gasteiger partial charge is 0.328 e. The fourth-order valence-electron chi connectivity index (χ4n) is 1.93. The molecule has 8 heteroatoms. The van der Waals surface area contributed by atoms with E-state index in [1.807, 2.05) is 6.92 Å². The van der Waals surface area contributed by atoms with Crippen molar-refractivity contribution >= 4 is 17.7 Å². The molecule has 1 aliphatic heterocycles. The number of morpholine rings is 1. The highest BCUT2D eigenvalue weighted by molar-refractivity contribution is 5.92. The van der Waals surface area contributed by atoms with Crippen LogP contribution in [0.2, 0.25) is 0 Å². The van der Waals surface area contributed by atoms with Gasteiger partial charge in [-0.3, -0.25) is 0 Å². The van der Waals surface area contributed by atoms with E-state index in [2.05, 4.69) is 10.3 Å². The lowest BCUT2D eigenvalue weighted by Gasteiger charge is -2.32. The van der Waals surface area contributed by atoms with Gasteiger partial charge in [-0.25, -0.2) is 14.6 Å². The molecule has 1 aromatic rings. The number of aromatic nitrogens is 1. The van der Waals surface area contributed by atoms with Gasteiger partial charge in [0.25, 0.3) is 0 Å². The maximum absolute atomic E-state index is 12.1. The number of hydrogen-bond acceptors (Lipinski definition) is 5. The predicted molar refractivity (Wildman–Crippen MR) is 73.4 cm³/mol. The third kappa shape index (κ3) is 3.82. The van der Waals surface area contributed by atoms with Gasteiger partial charge in [-0.1, -0.05) is 0 Å². The van der Waals surface area contributed by atoms with Crippen LogP contribution in [0.3, 0.4) is 0 Å². The number of aliphatic carboxylic acids is 1. The van der Waals surface area contributed by atoms with Crippen molar-refractivity contribution in [3.63, 3.8) is 0 Å². The first-order chi connectivity index (χ1) is 10.1. The molecular formula is C13H17N3O5. The second-order valence-corrected chi connectivity index (χ2v) is 4.37. The number of nitrogens with one attached hydrogen (secondary N) is 1. The Kier molecular flexibility index (Phi) is 4.94. The van der Waals surface area contributed by atoms with Crippen molar-refractivity contribution in [2.75, 3.05) is 31.7 Å². The first kappa shape index (κ1) is 15.0. The molecule has 2 N–H and O–H groups in total. The van der Waals surface area contributed by atoms with Crippen LogP contribution in [0.5, 0.6) is 5.88 Å². The van der Waals surface area contributed by atoms with E-state index in [1.165, 1.54) is 11.1 Å². The van der Waals surface area contributed by atoms with Crippen LogP contribution in [-0.2, 0) is 9.53 Å². The maximum Gasteiger partial charge on any atom is 0.328 e. The highest BCUT2D eigenvalue weighted by atomic mass is 16.5. The molecule has 1 aromatic heterocycles. The average molecular weight is 295 g/mol. The second-order valence-electron chi connectivity index (χ2n) is 4.37. The largest absolute Gasteiger partial charge is 0.480 e. The number of anilines is 1. The summed E-state index contributed by atoms with van der Waals surface area (Å²) < 4.78 is 10.3. The predicted octanol–water partition coefficient (Wildman–Crippen LogP) is 0.798. The zero-order valence-corrected chi connectivity index (χ0v) is 11.6. The van der Waals surface area contributed by atoms with Crippen LogP contribution in [0.25, 0.3) is 0 Å². The lowest BCUT2D eigenvalue weighted by atomic mass is 10.2. The summed E-state index contributed by atoms with van der Waals surface area (Å²) in [4.78, 5) is 28.5. The Hall–Kier alpha value is -2.35. The number of carbonyl (C=O) groups excluding carboxylic acids is 1. The number of carbonyl (C=O) groups is 2. The summed E-state index contributed by atoms with van der Waals surface area (Å²) in [5, 5.41) is 11.7. The molecular weight excluding hydrogens is 278 g/mol. The number of carboxylic acid groups (broad SMARTS) is 1. The van der Waals surface area contributed by atoms with Gasteiger partial charge in [-0.15, -0.1) is 0 Å². The van der Waals surface area contributed by atoms with Crippen molar-refractivity contribution in [3.05, 3.63) is 18.3 Å². The molecule has 0 spiro atoms. The Morgan fingerprint density at radius 2 is 2.38 bits per heavy atom. The highest BCUT2D eigenvalue weighted by Crippen LogP contribution is 2.14. The van der Waals surface area contributed by atoms with Gasteiger partial charge < -0.3 is 24.8 Å². The van der Waals surface area contributed by atoms with Crippen molar-refractivity contribution in [1.29, 1.82) is 0 Å². The number of ether oxygens (including phenoxy) is 2. The number of amides is 2. The third-order valence-electron chi connectivity index (χ3n) is 2.95. The molecule has 2 heterocycles. The molecule has 1 unspecified atom stereocenters. The van der Waals surface area contributed by atoms with E-state index >= 15 is 0 Å². The standard InChI is InChI=1S/C13H17N3O5/c1-2-21-11-4-3-9(7-14-11)15-13(19)16-5-6-20-8-10(16)12(17)18/h3-4,7,10H,2,5-6,8H2,1H3,(H,15,19)(H,17,18). The average Bonchev–Trinajstić information content (AvgIpc) is 2.49. The molecule has 21 heavy (non-hydrogen) atoms. The van der Waals surface area contributed by atoms with Crippen LogP contribution in [0.1, 0.15) is 6.92 Å². The Morgan fingerprint density at radius 1 is 1.57 bits per heavy atom. The monoisotopic (exact) mass is 295 g/mol. The number of hydrogen-bond donors (Lipinski definition) is 2. The van der Waals surface area contributed by atoms with Crippen LogP contribution in [-0.4, -0.2) is 59.4 Å². The Labute approximate surface area is 121 Å². The van der Waals surface area contributed by atoms with Crippen molar-refractivity contribution in [1.82, 2.24) is 9.88 Å². The number of pyridine rings is 1. The van der Waals surface area contributed by atoms with Crippen LogP contribution in [0, 0.1) is 0 Å². The lowest BCUT2D eigenvalue weighted by Crippen LogP contribution is -2.53. The summed E-state index contributed by atoms with van der Waals surface area (Å²) in [5.41, 5.74) is 0.471. The van der Waals surface area contributed by atoms with Gasteiger partial charge >= 0.3 is 12.0 Å². The van der Waals surface area contributed by atoms with Crippen molar-refractivity contribution in [3.8, 4) is 5.88 Å². The summed E-state index contributed by atoms with van der Waals surface area (Å²) in [7, 11) is 0.